The van der Waals surface area contributed by atoms with Crippen molar-refractivity contribution < 1.29 is 28.4 Å². The van der Waals surface area contributed by atoms with Gasteiger partial charge >= 0.3 is 5.97 Å². The number of aryl methyl sites for hydroxylation is 1. The molecule has 1 fully saturated rings. The van der Waals surface area contributed by atoms with Crippen LogP contribution in [-0.2, 0) is 16.0 Å². The highest BCUT2D eigenvalue weighted by molar-refractivity contribution is 7.16. The zero-order chi connectivity index (χ0) is 21.0. The van der Waals surface area contributed by atoms with Crippen LogP contribution in [0.4, 0.5) is 5.00 Å². The summed E-state index contributed by atoms with van der Waals surface area (Å²) in [6.45, 7) is 6.66. The van der Waals surface area contributed by atoms with Gasteiger partial charge in [-0.3, -0.25) is 9.59 Å². The second-order valence-corrected chi connectivity index (χ2v) is 8.16. The summed E-state index contributed by atoms with van der Waals surface area (Å²) < 4.78 is 10.1. The van der Waals surface area contributed by atoms with Gasteiger partial charge in [0.05, 0.1) is 45.1 Å². The molecule has 0 unspecified atom stereocenters. The van der Waals surface area contributed by atoms with E-state index in [0.717, 1.165) is 15.3 Å². The predicted octanol–water partition coefficient (Wildman–Crippen LogP) is 0.978. The topological polar surface area (TPSA) is 93.3 Å². The van der Waals surface area contributed by atoms with E-state index >= 15 is 0 Å². The molecule has 156 valence electrons. The standard InChI is InChI=1S/C20H25N3O5S/c1-4-14-13(2)29-18(17(14)20(26)27-3)21-16(24)12-22-7-9-23(10-8-22)19(25)15-6-5-11-28-15/h5-6,11H,4,7-10,12H2,1-3H3,(H,21,24)/p+1. The van der Waals surface area contributed by atoms with Gasteiger partial charge in [0.2, 0.25) is 0 Å². The van der Waals surface area contributed by atoms with Gasteiger partial charge in [-0.1, -0.05) is 6.92 Å². The number of furan rings is 1. The smallest absolute Gasteiger partial charge is 0.341 e. The summed E-state index contributed by atoms with van der Waals surface area (Å²) >= 11 is 1.40. The van der Waals surface area contributed by atoms with Crippen molar-refractivity contribution in [1.29, 1.82) is 0 Å². The highest BCUT2D eigenvalue weighted by Crippen LogP contribution is 2.33. The molecule has 0 bridgehead atoms. The van der Waals surface area contributed by atoms with Crippen LogP contribution in [0.25, 0.3) is 0 Å². The summed E-state index contributed by atoms with van der Waals surface area (Å²) in [6.07, 6.45) is 2.18. The van der Waals surface area contributed by atoms with Crippen LogP contribution in [0, 0.1) is 6.92 Å². The highest BCUT2D eigenvalue weighted by Gasteiger charge is 2.28. The lowest BCUT2D eigenvalue weighted by molar-refractivity contribution is -0.895. The third-order valence-corrected chi connectivity index (χ3v) is 6.17. The van der Waals surface area contributed by atoms with Crippen LogP contribution in [0.15, 0.2) is 22.8 Å². The molecule has 3 heterocycles. The lowest BCUT2D eigenvalue weighted by Crippen LogP contribution is -3.15. The van der Waals surface area contributed by atoms with Gasteiger partial charge < -0.3 is 24.3 Å². The Morgan fingerprint density at radius 2 is 2.03 bits per heavy atom. The van der Waals surface area contributed by atoms with E-state index in [1.165, 1.54) is 24.7 Å². The maximum atomic E-state index is 12.6. The Labute approximate surface area is 173 Å². The quantitative estimate of drug-likeness (QED) is 0.680. The number of carbonyl (C=O) groups excluding carboxylic acids is 3. The number of anilines is 1. The normalized spacial score (nSPS) is 14.7. The number of esters is 1. The van der Waals surface area contributed by atoms with Crippen molar-refractivity contribution >= 4 is 34.1 Å². The average molecular weight is 421 g/mol. The fraction of sp³-hybridized carbons (Fsp3) is 0.450. The summed E-state index contributed by atoms with van der Waals surface area (Å²) in [6, 6.07) is 3.35. The summed E-state index contributed by atoms with van der Waals surface area (Å²) in [5.74, 6) is -0.373. The monoisotopic (exact) mass is 420 g/mol. The SMILES string of the molecule is CCc1c(C)sc(NC(=O)C[NH+]2CCN(C(=O)c3ccco3)CC2)c1C(=O)OC. The number of rotatable bonds is 6. The number of amides is 2. The molecule has 0 saturated carbocycles. The third-order valence-electron chi connectivity index (χ3n) is 5.11. The predicted molar refractivity (Wildman–Crippen MR) is 109 cm³/mol. The van der Waals surface area contributed by atoms with E-state index in [9.17, 15) is 14.4 Å². The molecule has 0 spiro atoms. The van der Waals surface area contributed by atoms with E-state index in [0.29, 0.717) is 48.9 Å². The van der Waals surface area contributed by atoms with Crippen LogP contribution in [0.2, 0.25) is 0 Å². The van der Waals surface area contributed by atoms with Crippen LogP contribution in [0.3, 0.4) is 0 Å². The number of ether oxygens (including phenoxy) is 1. The van der Waals surface area contributed by atoms with E-state index in [2.05, 4.69) is 5.32 Å². The molecule has 2 aromatic heterocycles. The highest BCUT2D eigenvalue weighted by atomic mass is 32.1. The minimum Gasteiger partial charge on any atom is -0.465 e. The molecule has 2 aromatic rings. The van der Waals surface area contributed by atoms with Crippen molar-refractivity contribution in [2.24, 2.45) is 0 Å². The fourth-order valence-corrected chi connectivity index (χ4v) is 4.72. The second kappa shape index (κ2) is 9.23. The molecule has 2 amide bonds. The minimum absolute atomic E-state index is 0.123. The first-order chi connectivity index (χ1) is 13.9. The maximum Gasteiger partial charge on any atom is 0.341 e. The zero-order valence-electron chi connectivity index (χ0n) is 16.9. The molecule has 1 aliphatic rings. The Balaban J connectivity index is 1.57. The van der Waals surface area contributed by atoms with Crippen molar-refractivity contribution in [1.82, 2.24) is 4.90 Å². The first-order valence-corrected chi connectivity index (χ1v) is 10.4. The van der Waals surface area contributed by atoms with Crippen LogP contribution in [0.5, 0.6) is 0 Å². The number of hydrogen-bond donors (Lipinski definition) is 2. The Kier molecular flexibility index (Phi) is 6.71. The molecular weight excluding hydrogens is 394 g/mol. The Morgan fingerprint density at radius 1 is 1.31 bits per heavy atom. The number of carbonyl (C=O) groups is 3. The first kappa shape index (κ1) is 21.1. The Hall–Kier alpha value is -2.65. The molecule has 8 nitrogen and oxygen atoms in total. The number of thiophene rings is 1. The minimum atomic E-state index is -0.432. The average Bonchev–Trinajstić information content (AvgIpc) is 3.35. The fourth-order valence-electron chi connectivity index (χ4n) is 3.57. The van der Waals surface area contributed by atoms with Gasteiger partial charge in [-0.2, -0.15) is 0 Å². The van der Waals surface area contributed by atoms with Gasteiger partial charge in [0.1, 0.15) is 5.00 Å². The largest absolute Gasteiger partial charge is 0.465 e. The molecule has 3 rings (SSSR count). The van der Waals surface area contributed by atoms with Crippen molar-refractivity contribution in [2.75, 3.05) is 45.2 Å². The maximum absolute atomic E-state index is 12.6. The van der Waals surface area contributed by atoms with Gasteiger partial charge in [0.15, 0.2) is 12.3 Å². The zero-order valence-corrected chi connectivity index (χ0v) is 17.7. The molecule has 29 heavy (non-hydrogen) atoms. The summed E-state index contributed by atoms with van der Waals surface area (Å²) in [5, 5.41) is 3.43. The summed E-state index contributed by atoms with van der Waals surface area (Å²) in [5.41, 5.74) is 1.37. The molecule has 9 heteroatoms. The number of nitrogens with zero attached hydrogens (tertiary/aromatic N) is 1. The number of methoxy groups -OCH3 is 1. The molecule has 0 aromatic carbocycles. The van der Waals surface area contributed by atoms with E-state index in [1.807, 2.05) is 13.8 Å². The molecule has 0 radical (unpaired) electrons. The molecule has 0 atom stereocenters. The second-order valence-electron chi connectivity index (χ2n) is 6.93. The molecule has 0 aliphatic carbocycles. The van der Waals surface area contributed by atoms with Crippen LogP contribution in [-0.4, -0.2) is 62.5 Å². The van der Waals surface area contributed by atoms with E-state index < -0.39 is 5.97 Å². The lowest BCUT2D eigenvalue weighted by atomic mass is 10.1. The van der Waals surface area contributed by atoms with E-state index in [4.69, 9.17) is 9.15 Å². The third kappa shape index (κ3) is 4.68. The van der Waals surface area contributed by atoms with E-state index in [-0.39, 0.29) is 18.4 Å². The van der Waals surface area contributed by atoms with Crippen molar-refractivity contribution in [3.8, 4) is 0 Å². The molecule has 1 aliphatic heterocycles. The summed E-state index contributed by atoms with van der Waals surface area (Å²) in [7, 11) is 1.34. The summed E-state index contributed by atoms with van der Waals surface area (Å²) in [4.78, 5) is 40.9. The van der Waals surface area contributed by atoms with Crippen LogP contribution in [0.1, 0.15) is 38.3 Å². The van der Waals surface area contributed by atoms with Crippen molar-refractivity contribution in [2.45, 2.75) is 20.3 Å². The van der Waals surface area contributed by atoms with Crippen molar-refractivity contribution in [3.05, 3.63) is 40.2 Å². The number of hydrogen-bond acceptors (Lipinski definition) is 6. The molecular formula is C20H26N3O5S+. The van der Waals surface area contributed by atoms with Crippen molar-refractivity contribution in [3.63, 3.8) is 0 Å². The number of piperazine rings is 1. The lowest BCUT2D eigenvalue weighted by Gasteiger charge is -2.31. The van der Waals surface area contributed by atoms with Gasteiger partial charge in [-0.25, -0.2) is 4.79 Å². The van der Waals surface area contributed by atoms with Crippen LogP contribution >= 0.6 is 11.3 Å². The number of nitrogens with one attached hydrogen (secondary N) is 2. The number of quaternary nitrogens is 1. The van der Waals surface area contributed by atoms with Crippen LogP contribution < -0.4 is 10.2 Å². The Bertz CT molecular complexity index is 882. The van der Waals surface area contributed by atoms with Gasteiger partial charge in [-0.15, -0.1) is 11.3 Å². The Morgan fingerprint density at radius 3 is 2.62 bits per heavy atom. The molecule has 1 saturated heterocycles. The van der Waals surface area contributed by atoms with E-state index in [1.54, 1.807) is 17.0 Å². The molecule has 2 N–H and O–H groups in total. The van der Waals surface area contributed by atoms with Gasteiger partial charge in [0, 0.05) is 4.88 Å². The van der Waals surface area contributed by atoms with Gasteiger partial charge in [-0.05, 0) is 31.0 Å². The first-order valence-electron chi connectivity index (χ1n) is 9.61. The van der Waals surface area contributed by atoms with Gasteiger partial charge in [0.25, 0.3) is 11.8 Å².